The van der Waals surface area contributed by atoms with Crippen LogP contribution in [-0.4, -0.2) is 24.3 Å². The van der Waals surface area contributed by atoms with Crippen LogP contribution in [0.1, 0.15) is 25.3 Å². The van der Waals surface area contributed by atoms with Crippen LogP contribution in [0.4, 0.5) is 0 Å². The highest BCUT2D eigenvalue weighted by Gasteiger charge is 1.94. The van der Waals surface area contributed by atoms with Crippen LogP contribution in [0.5, 0.6) is 0 Å². The number of rotatable bonds is 7. The van der Waals surface area contributed by atoms with E-state index >= 15 is 0 Å². The predicted octanol–water partition coefficient (Wildman–Crippen LogP) is 1.98. The Morgan fingerprint density at radius 1 is 1.20 bits per heavy atom. The van der Waals surface area contributed by atoms with E-state index in [9.17, 15) is 0 Å². The van der Waals surface area contributed by atoms with Crippen LogP contribution >= 0.6 is 0 Å². The van der Waals surface area contributed by atoms with Crippen molar-refractivity contribution < 1.29 is 5.11 Å². The molecule has 84 valence electrons. The molecule has 0 aliphatic carbocycles. The number of aliphatic hydroxyl groups is 1. The summed E-state index contributed by atoms with van der Waals surface area (Å²) in [5.74, 6) is 0. The van der Waals surface area contributed by atoms with Gasteiger partial charge in [-0.05, 0) is 38.3 Å². The molecule has 15 heavy (non-hydrogen) atoms. The van der Waals surface area contributed by atoms with Gasteiger partial charge in [-0.2, -0.15) is 0 Å². The van der Waals surface area contributed by atoms with Crippen molar-refractivity contribution in [2.24, 2.45) is 0 Å². The van der Waals surface area contributed by atoms with Crippen molar-refractivity contribution in [3.8, 4) is 0 Å². The largest absolute Gasteiger partial charge is 0.392 e. The van der Waals surface area contributed by atoms with E-state index < -0.39 is 0 Å². The normalized spacial score (nSPS) is 12.7. The average Bonchev–Trinajstić information content (AvgIpc) is 2.24. The van der Waals surface area contributed by atoms with Crippen LogP contribution in [0.2, 0.25) is 0 Å². The Morgan fingerprint density at radius 3 is 2.60 bits per heavy atom. The topological polar surface area (TPSA) is 32.3 Å². The number of hydrogen-bond acceptors (Lipinski definition) is 2. The molecule has 2 nitrogen and oxygen atoms in total. The van der Waals surface area contributed by atoms with Crippen molar-refractivity contribution in [1.82, 2.24) is 5.32 Å². The smallest absolute Gasteiger partial charge is 0.0636 e. The second kappa shape index (κ2) is 7.43. The molecule has 0 unspecified atom stereocenters. The summed E-state index contributed by atoms with van der Waals surface area (Å²) >= 11 is 0. The molecule has 1 aromatic rings. The lowest BCUT2D eigenvalue weighted by molar-refractivity contribution is 0.191. The number of hydrogen-bond donors (Lipinski definition) is 2. The third-order valence-corrected chi connectivity index (χ3v) is 2.35. The Labute approximate surface area is 92.3 Å². The van der Waals surface area contributed by atoms with Crippen LogP contribution in [0, 0.1) is 0 Å². The molecule has 0 heterocycles. The second-order valence-corrected chi connectivity index (χ2v) is 4.00. The predicted molar refractivity (Wildman–Crippen MR) is 63.9 cm³/mol. The first-order valence-electron chi connectivity index (χ1n) is 5.72. The SMILES string of the molecule is C[C@H](O)CNCCCCc1ccccc1. The Kier molecular flexibility index (Phi) is 6.05. The highest BCUT2D eigenvalue weighted by molar-refractivity contribution is 5.14. The lowest BCUT2D eigenvalue weighted by atomic mass is 10.1. The molecule has 0 spiro atoms. The molecule has 0 bridgehead atoms. The van der Waals surface area contributed by atoms with Crippen LogP contribution in [0.15, 0.2) is 30.3 Å². The Hall–Kier alpha value is -0.860. The molecule has 1 atom stereocenters. The van der Waals surface area contributed by atoms with Crippen molar-refractivity contribution in [2.75, 3.05) is 13.1 Å². The van der Waals surface area contributed by atoms with Crippen LogP contribution in [0.25, 0.3) is 0 Å². The lowest BCUT2D eigenvalue weighted by Crippen LogP contribution is -2.25. The van der Waals surface area contributed by atoms with Gasteiger partial charge in [-0.15, -0.1) is 0 Å². The van der Waals surface area contributed by atoms with E-state index in [2.05, 4.69) is 29.6 Å². The molecular weight excluding hydrogens is 186 g/mol. The fraction of sp³-hybridized carbons (Fsp3) is 0.538. The molecule has 1 aromatic carbocycles. The zero-order valence-corrected chi connectivity index (χ0v) is 9.45. The molecule has 0 aliphatic rings. The van der Waals surface area contributed by atoms with Gasteiger partial charge in [0.05, 0.1) is 6.10 Å². The maximum Gasteiger partial charge on any atom is 0.0636 e. The van der Waals surface area contributed by atoms with E-state index in [-0.39, 0.29) is 6.10 Å². The van der Waals surface area contributed by atoms with Gasteiger partial charge in [0.2, 0.25) is 0 Å². The summed E-state index contributed by atoms with van der Waals surface area (Å²) in [4.78, 5) is 0. The summed E-state index contributed by atoms with van der Waals surface area (Å²) in [6.07, 6.45) is 3.29. The van der Waals surface area contributed by atoms with Crippen molar-refractivity contribution >= 4 is 0 Å². The van der Waals surface area contributed by atoms with E-state index in [0.29, 0.717) is 6.54 Å². The van der Waals surface area contributed by atoms with Crippen molar-refractivity contribution in [3.63, 3.8) is 0 Å². The molecule has 0 saturated carbocycles. The Balaban J connectivity index is 1.98. The fourth-order valence-electron chi connectivity index (χ4n) is 1.53. The number of nitrogens with one attached hydrogen (secondary N) is 1. The number of aryl methyl sites for hydroxylation is 1. The Bertz CT molecular complexity index is 246. The monoisotopic (exact) mass is 207 g/mol. The average molecular weight is 207 g/mol. The molecule has 0 fully saturated rings. The highest BCUT2D eigenvalue weighted by atomic mass is 16.3. The Morgan fingerprint density at radius 2 is 1.93 bits per heavy atom. The first-order chi connectivity index (χ1) is 7.29. The van der Waals surface area contributed by atoms with Crippen molar-refractivity contribution in [2.45, 2.75) is 32.3 Å². The minimum atomic E-state index is -0.237. The minimum absolute atomic E-state index is 0.237. The van der Waals surface area contributed by atoms with Gasteiger partial charge < -0.3 is 10.4 Å². The second-order valence-electron chi connectivity index (χ2n) is 4.00. The van der Waals surface area contributed by atoms with Crippen molar-refractivity contribution in [1.29, 1.82) is 0 Å². The van der Waals surface area contributed by atoms with E-state index in [4.69, 9.17) is 5.11 Å². The van der Waals surface area contributed by atoms with E-state index in [1.54, 1.807) is 6.92 Å². The molecule has 0 aromatic heterocycles. The molecule has 2 N–H and O–H groups in total. The maximum absolute atomic E-state index is 9.02. The zero-order valence-electron chi connectivity index (χ0n) is 9.45. The van der Waals surface area contributed by atoms with Gasteiger partial charge in [-0.25, -0.2) is 0 Å². The molecule has 0 saturated heterocycles. The number of aliphatic hydroxyl groups excluding tert-OH is 1. The third kappa shape index (κ3) is 6.26. The highest BCUT2D eigenvalue weighted by Crippen LogP contribution is 2.03. The van der Waals surface area contributed by atoms with Gasteiger partial charge >= 0.3 is 0 Å². The van der Waals surface area contributed by atoms with Gasteiger partial charge in [0.1, 0.15) is 0 Å². The number of unbranched alkanes of at least 4 members (excludes halogenated alkanes) is 1. The molecule has 0 radical (unpaired) electrons. The molecule has 0 amide bonds. The van der Waals surface area contributed by atoms with Gasteiger partial charge in [-0.1, -0.05) is 30.3 Å². The third-order valence-electron chi connectivity index (χ3n) is 2.35. The summed E-state index contributed by atoms with van der Waals surface area (Å²) in [6, 6.07) is 10.6. The van der Waals surface area contributed by atoms with Gasteiger partial charge in [0, 0.05) is 6.54 Å². The quantitative estimate of drug-likeness (QED) is 0.670. The van der Waals surface area contributed by atoms with E-state index in [0.717, 1.165) is 13.0 Å². The van der Waals surface area contributed by atoms with Gasteiger partial charge in [0.15, 0.2) is 0 Å². The molecule has 2 heteroatoms. The van der Waals surface area contributed by atoms with E-state index in [1.165, 1.54) is 18.4 Å². The summed E-state index contributed by atoms with van der Waals surface area (Å²) < 4.78 is 0. The summed E-state index contributed by atoms with van der Waals surface area (Å²) in [5, 5.41) is 12.2. The van der Waals surface area contributed by atoms with Crippen molar-refractivity contribution in [3.05, 3.63) is 35.9 Å². The van der Waals surface area contributed by atoms with Gasteiger partial charge in [0.25, 0.3) is 0 Å². The van der Waals surface area contributed by atoms with E-state index in [1.807, 2.05) is 6.07 Å². The molecule has 0 aliphatic heterocycles. The van der Waals surface area contributed by atoms with Gasteiger partial charge in [-0.3, -0.25) is 0 Å². The standard InChI is InChI=1S/C13H21NO/c1-12(15)11-14-10-6-5-9-13-7-3-2-4-8-13/h2-4,7-8,12,14-15H,5-6,9-11H2,1H3/t12-/m0/s1. The zero-order chi connectivity index (χ0) is 10.9. The van der Waals surface area contributed by atoms with Crippen LogP contribution in [-0.2, 0) is 6.42 Å². The molecule has 1 rings (SSSR count). The fourth-order valence-corrected chi connectivity index (χ4v) is 1.53. The minimum Gasteiger partial charge on any atom is -0.392 e. The first kappa shape index (κ1) is 12.2. The lowest BCUT2D eigenvalue weighted by Gasteiger charge is -2.06. The maximum atomic E-state index is 9.02. The summed E-state index contributed by atoms with van der Waals surface area (Å²) in [6.45, 7) is 3.50. The van der Waals surface area contributed by atoms with Crippen LogP contribution in [0.3, 0.4) is 0 Å². The molecular formula is C13H21NO. The summed E-state index contributed by atoms with van der Waals surface area (Å²) in [5.41, 5.74) is 1.41. The number of benzene rings is 1. The summed E-state index contributed by atoms with van der Waals surface area (Å²) in [7, 11) is 0. The first-order valence-corrected chi connectivity index (χ1v) is 5.72. The van der Waals surface area contributed by atoms with Crippen LogP contribution < -0.4 is 5.32 Å².